The quantitative estimate of drug-likeness (QED) is 0.318. The lowest BCUT2D eigenvalue weighted by molar-refractivity contribution is -0.385. The number of rotatable bonds is 3. The fourth-order valence-corrected chi connectivity index (χ4v) is 0.838. The minimum absolute atomic E-state index is 0.0221. The first kappa shape index (κ1) is 9.40. The summed E-state index contributed by atoms with van der Waals surface area (Å²) >= 11 is 5.39. The molecule has 1 aromatic rings. The first-order chi connectivity index (χ1) is 6.15. The van der Waals surface area contributed by atoms with Crippen molar-refractivity contribution in [1.29, 1.82) is 0 Å². The third-order valence-electron chi connectivity index (χ3n) is 1.18. The second kappa shape index (κ2) is 3.81. The Kier molecular flexibility index (Phi) is 2.76. The van der Waals surface area contributed by atoms with Gasteiger partial charge in [-0.2, -0.15) is 0 Å². The molecule has 13 heavy (non-hydrogen) atoms. The summed E-state index contributed by atoms with van der Waals surface area (Å²) in [6, 6.07) is 1.02. The Hall–Kier alpha value is -1.69. The van der Waals surface area contributed by atoms with Crippen molar-refractivity contribution in [2.45, 2.75) is 0 Å². The van der Waals surface area contributed by atoms with Crippen LogP contribution in [0.15, 0.2) is 12.3 Å². The molecule has 0 N–H and O–H groups in total. The Morgan fingerprint density at radius 1 is 1.69 bits per heavy atom. The first-order valence-corrected chi connectivity index (χ1v) is 3.43. The molecule has 0 unspecified atom stereocenters. The average molecular weight is 203 g/mol. The summed E-state index contributed by atoms with van der Waals surface area (Å²) in [5.74, 6) is -0.0221. The summed E-state index contributed by atoms with van der Waals surface area (Å²) in [7, 11) is 0. The lowest BCUT2D eigenvalue weighted by atomic mass is 10.4. The molecule has 0 aliphatic carbocycles. The van der Waals surface area contributed by atoms with Gasteiger partial charge in [-0.3, -0.25) is 14.9 Å². The van der Waals surface area contributed by atoms with E-state index >= 15 is 0 Å². The zero-order valence-electron chi connectivity index (χ0n) is 6.14. The highest BCUT2D eigenvalue weighted by Gasteiger charge is 2.14. The van der Waals surface area contributed by atoms with E-state index in [9.17, 15) is 14.9 Å². The molecule has 0 spiro atoms. The number of aromatic nitrogens is 1. The predicted molar refractivity (Wildman–Crippen MR) is 42.6 cm³/mol. The van der Waals surface area contributed by atoms with E-state index in [2.05, 4.69) is 9.72 Å². The summed E-state index contributed by atoms with van der Waals surface area (Å²) in [6.07, 6.45) is 1.11. The Labute approximate surface area is 77.2 Å². The third-order valence-corrected chi connectivity index (χ3v) is 1.47. The molecule has 0 aliphatic heterocycles. The van der Waals surface area contributed by atoms with Crippen LogP contribution in [-0.4, -0.2) is 16.4 Å². The number of ether oxygens (including phenoxy) is 1. The molecular formula is C6H3ClN2O4. The van der Waals surface area contributed by atoms with Crippen molar-refractivity contribution in [1.82, 2.24) is 4.98 Å². The zero-order chi connectivity index (χ0) is 9.84. The van der Waals surface area contributed by atoms with Crippen molar-refractivity contribution < 1.29 is 14.5 Å². The van der Waals surface area contributed by atoms with Gasteiger partial charge in [0.15, 0.2) is 5.75 Å². The van der Waals surface area contributed by atoms with Gasteiger partial charge in [0.05, 0.1) is 17.2 Å². The summed E-state index contributed by atoms with van der Waals surface area (Å²) < 4.78 is 4.35. The Bertz CT molecular complexity index is 354. The SMILES string of the molecule is O=COc1cnc(Cl)c([N+](=O)[O-])c1. The van der Waals surface area contributed by atoms with Gasteiger partial charge >= 0.3 is 5.69 Å². The van der Waals surface area contributed by atoms with Crippen LogP contribution in [0.5, 0.6) is 5.75 Å². The van der Waals surface area contributed by atoms with Crippen molar-refractivity contribution in [2.24, 2.45) is 0 Å². The Morgan fingerprint density at radius 2 is 2.38 bits per heavy atom. The van der Waals surface area contributed by atoms with E-state index in [-0.39, 0.29) is 17.4 Å². The minimum atomic E-state index is -0.715. The highest BCUT2D eigenvalue weighted by Crippen LogP contribution is 2.25. The average Bonchev–Trinajstić information content (AvgIpc) is 2.08. The molecule has 0 aromatic carbocycles. The van der Waals surface area contributed by atoms with Gasteiger partial charge in [-0.15, -0.1) is 0 Å². The molecular weight excluding hydrogens is 200 g/mol. The van der Waals surface area contributed by atoms with Crippen molar-refractivity contribution in [3.05, 3.63) is 27.5 Å². The number of hydrogen-bond acceptors (Lipinski definition) is 5. The van der Waals surface area contributed by atoms with Crippen LogP contribution in [0.1, 0.15) is 0 Å². The number of carbonyl (C=O) groups excluding carboxylic acids is 1. The molecule has 1 rings (SSSR count). The maximum atomic E-state index is 10.3. The lowest BCUT2D eigenvalue weighted by Crippen LogP contribution is -1.94. The maximum Gasteiger partial charge on any atom is 0.310 e. The van der Waals surface area contributed by atoms with Gasteiger partial charge in [0.1, 0.15) is 0 Å². The number of carbonyl (C=O) groups is 1. The Morgan fingerprint density at radius 3 is 2.92 bits per heavy atom. The van der Waals surface area contributed by atoms with Gasteiger partial charge in [0.25, 0.3) is 6.47 Å². The summed E-state index contributed by atoms with van der Waals surface area (Å²) in [4.78, 5) is 22.9. The van der Waals surface area contributed by atoms with E-state index in [1.165, 1.54) is 0 Å². The molecule has 0 fully saturated rings. The van der Waals surface area contributed by atoms with Gasteiger partial charge < -0.3 is 4.74 Å². The molecule has 7 heteroatoms. The molecule has 1 aromatic heterocycles. The van der Waals surface area contributed by atoms with Gasteiger partial charge in [-0.1, -0.05) is 11.6 Å². The molecule has 0 radical (unpaired) electrons. The van der Waals surface area contributed by atoms with Crippen LogP contribution in [0.3, 0.4) is 0 Å². The van der Waals surface area contributed by atoms with Crippen molar-refractivity contribution in [3.8, 4) is 5.75 Å². The van der Waals surface area contributed by atoms with Crippen LogP contribution in [0.2, 0.25) is 5.15 Å². The van der Waals surface area contributed by atoms with Crippen LogP contribution >= 0.6 is 11.6 Å². The van der Waals surface area contributed by atoms with Crippen LogP contribution in [-0.2, 0) is 4.79 Å². The van der Waals surface area contributed by atoms with E-state index < -0.39 is 10.6 Å². The van der Waals surface area contributed by atoms with Crippen LogP contribution < -0.4 is 4.74 Å². The van der Waals surface area contributed by atoms with Crippen molar-refractivity contribution in [3.63, 3.8) is 0 Å². The highest BCUT2D eigenvalue weighted by atomic mass is 35.5. The third kappa shape index (κ3) is 2.12. The predicted octanol–water partition coefficient (Wildman–Crippen LogP) is 1.18. The van der Waals surface area contributed by atoms with E-state index in [4.69, 9.17) is 11.6 Å². The topological polar surface area (TPSA) is 82.3 Å². The molecule has 68 valence electrons. The van der Waals surface area contributed by atoms with Crippen LogP contribution in [0, 0.1) is 10.1 Å². The molecule has 6 nitrogen and oxygen atoms in total. The lowest BCUT2D eigenvalue weighted by Gasteiger charge is -1.97. The van der Waals surface area contributed by atoms with Gasteiger partial charge in [-0.25, -0.2) is 4.98 Å². The second-order valence-electron chi connectivity index (χ2n) is 1.95. The number of pyridine rings is 1. The normalized spacial score (nSPS) is 9.31. The fraction of sp³-hybridized carbons (Fsp3) is 0. The van der Waals surface area contributed by atoms with Crippen LogP contribution in [0.25, 0.3) is 0 Å². The monoisotopic (exact) mass is 202 g/mol. The van der Waals surface area contributed by atoms with Crippen molar-refractivity contribution >= 4 is 23.8 Å². The van der Waals surface area contributed by atoms with E-state index in [0.29, 0.717) is 0 Å². The number of hydrogen-bond donors (Lipinski definition) is 0. The molecule has 0 amide bonds. The van der Waals surface area contributed by atoms with Gasteiger partial charge in [-0.05, 0) is 0 Å². The number of nitrogens with zero attached hydrogens (tertiary/aromatic N) is 2. The molecule has 0 aliphatic rings. The van der Waals surface area contributed by atoms with E-state index in [0.717, 1.165) is 12.3 Å². The molecule has 1 heterocycles. The second-order valence-corrected chi connectivity index (χ2v) is 2.31. The fourth-order valence-electron chi connectivity index (χ4n) is 0.666. The minimum Gasteiger partial charge on any atom is -0.427 e. The number of halogens is 1. The Balaban J connectivity index is 3.10. The number of nitro groups is 1. The summed E-state index contributed by atoms with van der Waals surface area (Å²) in [5, 5.41) is 10.1. The van der Waals surface area contributed by atoms with Crippen molar-refractivity contribution in [2.75, 3.05) is 0 Å². The van der Waals surface area contributed by atoms with Gasteiger partial charge in [0, 0.05) is 0 Å². The summed E-state index contributed by atoms with van der Waals surface area (Å²) in [5.41, 5.74) is -0.402. The molecule has 0 saturated carbocycles. The van der Waals surface area contributed by atoms with Gasteiger partial charge in [0.2, 0.25) is 5.15 Å². The first-order valence-electron chi connectivity index (χ1n) is 3.05. The zero-order valence-corrected chi connectivity index (χ0v) is 6.89. The largest absolute Gasteiger partial charge is 0.427 e. The molecule has 0 atom stereocenters. The highest BCUT2D eigenvalue weighted by molar-refractivity contribution is 6.31. The smallest absolute Gasteiger partial charge is 0.310 e. The standard InChI is InChI=1S/C6H3ClN2O4/c7-6-5(9(11)12)1-4(2-8-6)13-3-10/h1-3H. The maximum absolute atomic E-state index is 10.3. The van der Waals surface area contributed by atoms with Crippen LogP contribution in [0.4, 0.5) is 5.69 Å². The summed E-state index contributed by atoms with van der Waals surface area (Å²) in [6.45, 7) is 0.147. The van der Waals surface area contributed by atoms with E-state index in [1.54, 1.807) is 0 Å². The molecule has 0 saturated heterocycles. The molecule has 0 bridgehead atoms. The van der Waals surface area contributed by atoms with E-state index in [1.807, 2.05) is 0 Å².